The molecule has 2 aliphatic heterocycles. The van der Waals surface area contributed by atoms with E-state index in [0.29, 0.717) is 24.8 Å². The van der Waals surface area contributed by atoms with Crippen LogP contribution in [0.15, 0.2) is 42.9 Å². The van der Waals surface area contributed by atoms with Gasteiger partial charge in [0.2, 0.25) is 5.91 Å². The first-order chi connectivity index (χ1) is 17.9. The Morgan fingerprint density at radius 1 is 1.14 bits per heavy atom. The van der Waals surface area contributed by atoms with Gasteiger partial charge < -0.3 is 10.2 Å². The monoisotopic (exact) mass is 509 g/mol. The van der Waals surface area contributed by atoms with Crippen molar-refractivity contribution in [1.82, 2.24) is 35.7 Å². The van der Waals surface area contributed by atoms with E-state index in [9.17, 15) is 13.6 Å². The zero-order chi connectivity index (χ0) is 25.5. The highest BCUT2D eigenvalue weighted by molar-refractivity contribution is 5.79. The van der Waals surface area contributed by atoms with E-state index in [2.05, 4.69) is 43.3 Å². The van der Waals surface area contributed by atoms with E-state index >= 15 is 0 Å². The number of nitrogens with zero attached hydrogens (tertiary/aromatic N) is 4. The molecule has 10 heteroatoms. The molecule has 8 nitrogen and oxygen atoms in total. The summed E-state index contributed by atoms with van der Waals surface area (Å²) in [5, 5.41) is 7.47. The van der Waals surface area contributed by atoms with E-state index in [1.165, 1.54) is 18.2 Å². The van der Waals surface area contributed by atoms with Gasteiger partial charge in [-0.05, 0) is 80.8 Å². The molecular weight excluding hydrogens is 476 g/mol. The van der Waals surface area contributed by atoms with E-state index in [0.717, 1.165) is 43.6 Å². The predicted octanol–water partition coefficient (Wildman–Crippen LogP) is 2.62. The Hall–Kier alpha value is -2.95. The van der Waals surface area contributed by atoms with Gasteiger partial charge in [0.25, 0.3) is 0 Å². The summed E-state index contributed by atoms with van der Waals surface area (Å²) < 4.78 is 30.2. The molecule has 3 N–H and O–H groups in total. The number of pyridine rings is 1. The summed E-state index contributed by atoms with van der Waals surface area (Å²) in [6.07, 6.45) is 7.07. The lowest BCUT2D eigenvalue weighted by Gasteiger charge is -2.38. The van der Waals surface area contributed by atoms with Gasteiger partial charge in [-0.2, -0.15) is 5.10 Å². The van der Waals surface area contributed by atoms with E-state index in [4.69, 9.17) is 0 Å². The number of fused-ring (bicyclic) bond motifs is 2. The number of carbonyl (C=O) groups is 1. The molecule has 196 valence electrons. The normalized spacial score (nSPS) is 30.4. The highest BCUT2D eigenvalue weighted by atomic mass is 19.1. The largest absolute Gasteiger partial charge is 0.352 e. The standard InChI is InChI=1S/C27H33F2N7O/c1-35-13-16(10-20-22(28)3-2-4-23(20)29)9-19(14-35)32-27(37)18-5-6-24-21(11-18)26(34-33-24)17-7-8-36-25(12-17)30-15-31-36/h2-4,7-8,12,15-16,18-19,21,24,26,33-34H,5-6,9-11,13-14H2,1H3,(H,32,37). The number of aromatic nitrogens is 3. The van der Waals surface area contributed by atoms with Crippen molar-refractivity contribution in [1.29, 1.82) is 0 Å². The molecular formula is C27H33F2N7O. The van der Waals surface area contributed by atoms with Crippen molar-refractivity contribution >= 4 is 11.6 Å². The number of amides is 1. The highest BCUT2D eigenvalue weighted by Crippen LogP contribution is 2.40. The Morgan fingerprint density at radius 3 is 2.81 bits per heavy atom. The number of rotatable bonds is 5. The third-order valence-electron chi connectivity index (χ3n) is 8.41. The maximum Gasteiger partial charge on any atom is 0.223 e. The van der Waals surface area contributed by atoms with Gasteiger partial charge >= 0.3 is 0 Å². The lowest BCUT2D eigenvalue weighted by atomic mass is 9.74. The first kappa shape index (κ1) is 24.4. The third-order valence-corrected chi connectivity index (χ3v) is 8.41. The van der Waals surface area contributed by atoms with Crippen LogP contribution in [-0.2, 0) is 11.2 Å². The predicted molar refractivity (Wildman–Crippen MR) is 134 cm³/mol. The van der Waals surface area contributed by atoms with E-state index in [1.54, 1.807) is 10.8 Å². The number of benzene rings is 1. The van der Waals surface area contributed by atoms with Gasteiger partial charge in [0.05, 0.1) is 6.04 Å². The third kappa shape index (κ3) is 4.97. The molecule has 3 fully saturated rings. The molecule has 1 aliphatic carbocycles. The second-order valence-corrected chi connectivity index (χ2v) is 11.0. The van der Waals surface area contributed by atoms with E-state index in [-0.39, 0.29) is 35.4 Å². The van der Waals surface area contributed by atoms with Crippen LogP contribution < -0.4 is 16.2 Å². The van der Waals surface area contributed by atoms with Crippen LogP contribution in [0.25, 0.3) is 5.65 Å². The van der Waals surface area contributed by atoms with Gasteiger partial charge in [-0.15, -0.1) is 0 Å². The first-order valence-electron chi connectivity index (χ1n) is 13.2. The summed E-state index contributed by atoms with van der Waals surface area (Å²) in [7, 11) is 2.00. The zero-order valence-corrected chi connectivity index (χ0v) is 20.9. The van der Waals surface area contributed by atoms with Crippen LogP contribution in [0.2, 0.25) is 0 Å². The van der Waals surface area contributed by atoms with Crippen molar-refractivity contribution in [2.75, 3.05) is 20.1 Å². The van der Waals surface area contributed by atoms with E-state index in [1.807, 2.05) is 13.2 Å². The minimum atomic E-state index is -0.498. The van der Waals surface area contributed by atoms with Crippen molar-refractivity contribution < 1.29 is 13.6 Å². The van der Waals surface area contributed by atoms with Gasteiger partial charge in [0.15, 0.2) is 5.65 Å². The minimum Gasteiger partial charge on any atom is -0.352 e. The van der Waals surface area contributed by atoms with Crippen molar-refractivity contribution in [2.24, 2.45) is 17.8 Å². The van der Waals surface area contributed by atoms with Gasteiger partial charge in [-0.1, -0.05) is 6.07 Å². The first-order valence-corrected chi connectivity index (χ1v) is 13.2. The number of hydrazine groups is 1. The number of nitrogens with one attached hydrogen (secondary N) is 3. The van der Waals surface area contributed by atoms with Gasteiger partial charge in [-0.3, -0.25) is 10.2 Å². The Kier molecular flexibility index (Phi) is 6.64. The number of piperidine rings is 1. The number of hydrogen-bond acceptors (Lipinski definition) is 6. The molecule has 6 atom stereocenters. The fraction of sp³-hybridized carbons (Fsp3) is 0.519. The smallest absolute Gasteiger partial charge is 0.223 e. The molecule has 2 saturated heterocycles. The molecule has 4 heterocycles. The highest BCUT2D eigenvalue weighted by Gasteiger charge is 2.43. The van der Waals surface area contributed by atoms with Crippen LogP contribution in [-0.4, -0.2) is 57.6 Å². The van der Waals surface area contributed by atoms with Crippen LogP contribution >= 0.6 is 0 Å². The Morgan fingerprint density at radius 2 is 1.97 bits per heavy atom. The van der Waals surface area contributed by atoms with E-state index < -0.39 is 11.6 Å². The van der Waals surface area contributed by atoms with Crippen LogP contribution in [0.4, 0.5) is 8.78 Å². The fourth-order valence-electron chi connectivity index (χ4n) is 6.68. The molecule has 3 aromatic rings. The Labute approximate surface area is 214 Å². The summed E-state index contributed by atoms with van der Waals surface area (Å²) in [5.41, 5.74) is 8.97. The van der Waals surface area contributed by atoms with Crippen molar-refractivity contribution in [3.8, 4) is 0 Å². The average Bonchev–Trinajstić information content (AvgIpc) is 3.52. The Bertz CT molecular complexity index is 1260. The van der Waals surface area contributed by atoms with Crippen LogP contribution in [0, 0.1) is 29.4 Å². The summed E-state index contributed by atoms with van der Waals surface area (Å²) in [6.45, 7) is 1.49. The lowest BCUT2D eigenvalue weighted by Crippen LogP contribution is -2.52. The number of carbonyl (C=O) groups excluding carboxylic acids is 1. The van der Waals surface area contributed by atoms with Crippen LogP contribution in [0.1, 0.15) is 42.9 Å². The molecule has 3 aliphatic rings. The fourth-order valence-corrected chi connectivity index (χ4v) is 6.68. The van der Waals surface area contributed by atoms with Crippen LogP contribution in [0.3, 0.4) is 0 Å². The molecule has 6 rings (SSSR count). The second kappa shape index (κ2) is 10.1. The SMILES string of the molecule is CN1CC(Cc2c(F)cccc2F)CC(NC(=O)C2CCC3NNC(c4ccn5ncnc5c4)C3C2)C1. The summed E-state index contributed by atoms with van der Waals surface area (Å²) in [6, 6.07) is 8.52. The Balaban J connectivity index is 1.10. The molecule has 37 heavy (non-hydrogen) atoms. The van der Waals surface area contributed by atoms with Crippen molar-refractivity contribution in [3.63, 3.8) is 0 Å². The molecule has 1 aromatic carbocycles. The summed E-state index contributed by atoms with van der Waals surface area (Å²) in [4.78, 5) is 19.9. The zero-order valence-electron chi connectivity index (χ0n) is 20.9. The summed E-state index contributed by atoms with van der Waals surface area (Å²) >= 11 is 0. The maximum absolute atomic E-state index is 14.2. The number of halogens is 2. The molecule has 0 spiro atoms. The topological polar surface area (TPSA) is 86.6 Å². The molecule has 1 saturated carbocycles. The average molecular weight is 510 g/mol. The number of likely N-dealkylation sites (N-methyl/N-ethyl adjacent to an activating group) is 1. The van der Waals surface area contributed by atoms with Crippen molar-refractivity contribution in [3.05, 3.63) is 65.6 Å². The maximum atomic E-state index is 14.2. The van der Waals surface area contributed by atoms with Crippen molar-refractivity contribution in [2.45, 2.75) is 50.2 Å². The van der Waals surface area contributed by atoms with Gasteiger partial charge in [0, 0.05) is 42.9 Å². The lowest BCUT2D eigenvalue weighted by molar-refractivity contribution is -0.127. The van der Waals surface area contributed by atoms with Crippen LogP contribution in [0.5, 0.6) is 0 Å². The molecule has 6 unspecified atom stereocenters. The molecule has 1 amide bonds. The molecule has 0 radical (unpaired) electrons. The quantitative estimate of drug-likeness (QED) is 0.490. The molecule has 2 aromatic heterocycles. The van der Waals surface area contributed by atoms with Gasteiger partial charge in [0.1, 0.15) is 18.0 Å². The van der Waals surface area contributed by atoms with Gasteiger partial charge in [-0.25, -0.2) is 23.7 Å². The number of hydrogen-bond donors (Lipinski definition) is 3. The molecule has 0 bridgehead atoms. The minimum absolute atomic E-state index is 0.0326. The second-order valence-electron chi connectivity index (χ2n) is 11.0. The number of likely N-dealkylation sites (tertiary alicyclic amines) is 1. The summed E-state index contributed by atoms with van der Waals surface area (Å²) in [5.74, 6) is -0.596.